The lowest BCUT2D eigenvalue weighted by Crippen LogP contribution is -2.61. The van der Waals surface area contributed by atoms with Crippen LogP contribution in [0.15, 0.2) is 66.7 Å². The molecule has 0 aliphatic carbocycles. The normalized spacial score (nSPS) is 16.9. The highest BCUT2D eigenvalue weighted by atomic mass is 35.5. The summed E-state index contributed by atoms with van der Waals surface area (Å²) in [6, 6.07) is 18.2. The van der Waals surface area contributed by atoms with Crippen molar-refractivity contribution >= 4 is 35.1 Å². The zero-order valence-corrected chi connectivity index (χ0v) is 20.2. The minimum absolute atomic E-state index is 0.231. The number of amides is 1. The van der Waals surface area contributed by atoms with Gasteiger partial charge in [-0.1, -0.05) is 23.7 Å². The van der Waals surface area contributed by atoms with E-state index in [1.165, 1.54) is 7.11 Å². The Morgan fingerprint density at radius 1 is 0.943 bits per heavy atom. The van der Waals surface area contributed by atoms with Crippen molar-refractivity contribution in [3.63, 3.8) is 0 Å². The number of nitrogens with zero attached hydrogens (tertiary/aromatic N) is 1. The number of carbonyl (C=O) groups is 3. The minimum atomic E-state index is -0.788. The summed E-state index contributed by atoms with van der Waals surface area (Å²) in [5.41, 5.74) is 2.99. The molecule has 1 saturated heterocycles. The van der Waals surface area contributed by atoms with Crippen molar-refractivity contribution < 1.29 is 28.6 Å². The minimum Gasteiger partial charge on any atom is -0.478 e. The number of carbonyl (C=O) groups excluding carboxylic acids is 3. The second-order valence-electron chi connectivity index (χ2n) is 7.98. The SMILES string of the molecule is CCOC(=O)c1ccc(N2C(=O)[C@H](Oc3ccc(Cl)cc3C)[C@@H]2c2ccc(C(=O)OC)cc2)cc1. The molecule has 1 amide bonds. The van der Waals surface area contributed by atoms with Crippen molar-refractivity contribution in [3.05, 3.63) is 94.0 Å². The maximum Gasteiger partial charge on any atom is 0.338 e. The molecular formula is C27H24ClNO6. The molecule has 0 unspecified atom stereocenters. The van der Waals surface area contributed by atoms with E-state index in [0.717, 1.165) is 11.1 Å². The fourth-order valence-electron chi connectivity index (χ4n) is 3.98. The number of aryl methyl sites for hydroxylation is 1. The number of β-lactam (4-membered cyclic amide) rings is 1. The van der Waals surface area contributed by atoms with Crippen LogP contribution in [0.4, 0.5) is 5.69 Å². The first kappa shape index (κ1) is 24.3. The molecule has 0 saturated carbocycles. The van der Waals surface area contributed by atoms with E-state index in [1.807, 2.05) is 6.92 Å². The van der Waals surface area contributed by atoms with Gasteiger partial charge in [0.05, 0.1) is 24.8 Å². The van der Waals surface area contributed by atoms with Crippen LogP contribution in [0.1, 0.15) is 44.8 Å². The van der Waals surface area contributed by atoms with E-state index in [4.69, 9.17) is 25.8 Å². The molecule has 3 aromatic carbocycles. The molecule has 7 nitrogen and oxygen atoms in total. The van der Waals surface area contributed by atoms with E-state index >= 15 is 0 Å². The van der Waals surface area contributed by atoms with Gasteiger partial charge in [-0.3, -0.25) is 9.69 Å². The average molecular weight is 494 g/mol. The summed E-state index contributed by atoms with van der Waals surface area (Å²) >= 11 is 6.06. The van der Waals surface area contributed by atoms with Gasteiger partial charge in [0.25, 0.3) is 5.91 Å². The van der Waals surface area contributed by atoms with Crippen molar-refractivity contribution in [3.8, 4) is 5.75 Å². The molecule has 8 heteroatoms. The molecule has 1 fully saturated rings. The van der Waals surface area contributed by atoms with E-state index in [-0.39, 0.29) is 12.5 Å². The van der Waals surface area contributed by atoms with E-state index in [9.17, 15) is 14.4 Å². The fourth-order valence-corrected chi connectivity index (χ4v) is 4.20. The van der Waals surface area contributed by atoms with Crippen LogP contribution in [0.5, 0.6) is 5.75 Å². The molecular weight excluding hydrogens is 470 g/mol. The number of benzene rings is 3. The lowest BCUT2D eigenvalue weighted by atomic mass is 9.89. The largest absolute Gasteiger partial charge is 0.478 e. The van der Waals surface area contributed by atoms with Gasteiger partial charge in [0.1, 0.15) is 11.8 Å². The van der Waals surface area contributed by atoms with Gasteiger partial charge in [0.15, 0.2) is 0 Å². The number of anilines is 1. The molecule has 0 aromatic heterocycles. The van der Waals surface area contributed by atoms with E-state index in [2.05, 4.69) is 0 Å². The van der Waals surface area contributed by atoms with Crippen molar-refractivity contribution in [2.75, 3.05) is 18.6 Å². The number of ether oxygens (including phenoxy) is 3. The van der Waals surface area contributed by atoms with E-state index in [1.54, 1.807) is 78.6 Å². The first-order valence-electron chi connectivity index (χ1n) is 11.1. The Balaban J connectivity index is 1.67. The van der Waals surface area contributed by atoms with Gasteiger partial charge >= 0.3 is 11.9 Å². The second kappa shape index (κ2) is 10.2. The molecule has 4 rings (SSSR count). The maximum atomic E-state index is 13.3. The lowest BCUT2D eigenvalue weighted by Gasteiger charge is -2.46. The van der Waals surface area contributed by atoms with E-state index < -0.39 is 24.1 Å². The standard InChI is InChI=1S/C27H24ClNO6/c1-4-34-27(32)19-9-12-21(13-10-19)29-23(17-5-7-18(8-6-17)26(31)33-3)24(25(29)30)35-22-14-11-20(28)15-16(22)2/h5-15,23-24H,4H2,1-3H3/t23-,24+/m0/s1. The van der Waals surface area contributed by atoms with Gasteiger partial charge in [0.2, 0.25) is 6.10 Å². The Labute approximate surface area is 208 Å². The van der Waals surface area contributed by atoms with Crippen LogP contribution >= 0.6 is 11.6 Å². The number of hydrogen-bond donors (Lipinski definition) is 0. The summed E-state index contributed by atoms with van der Waals surface area (Å²) in [5.74, 6) is -0.549. The molecule has 0 N–H and O–H groups in total. The molecule has 3 aromatic rings. The lowest BCUT2D eigenvalue weighted by molar-refractivity contribution is -0.135. The predicted molar refractivity (Wildman–Crippen MR) is 131 cm³/mol. The summed E-state index contributed by atoms with van der Waals surface area (Å²) in [5, 5.41) is 0.577. The van der Waals surface area contributed by atoms with E-state index in [0.29, 0.717) is 27.6 Å². The summed E-state index contributed by atoms with van der Waals surface area (Å²) in [6.45, 7) is 3.87. The van der Waals surface area contributed by atoms with Gasteiger partial charge in [-0.25, -0.2) is 9.59 Å². The van der Waals surface area contributed by atoms with Crippen LogP contribution in [-0.4, -0.2) is 37.7 Å². The zero-order chi connectivity index (χ0) is 25.1. The van der Waals surface area contributed by atoms with Crippen molar-refractivity contribution in [2.45, 2.75) is 26.0 Å². The summed E-state index contributed by atoms with van der Waals surface area (Å²) < 4.78 is 16.0. The number of methoxy groups -OCH3 is 1. The van der Waals surface area contributed by atoms with Crippen LogP contribution in [0.2, 0.25) is 5.02 Å². The monoisotopic (exact) mass is 493 g/mol. The van der Waals surface area contributed by atoms with Gasteiger partial charge in [-0.2, -0.15) is 0 Å². The first-order valence-corrected chi connectivity index (χ1v) is 11.4. The van der Waals surface area contributed by atoms with Crippen LogP contribution in [-0.2, 0) is 14.3 Å². The predicted octanol–water partition coefficient (Wildman–Crippen LogP) is 5.15. The van der Waals surface area contributed by atoms with Crippen LogP contribution in [0, 0.1) is 6.92 Å². The summed E-state index contributed by atoms with van der Waals surface area (Å²) in [7, 11) is 1.32. The Morgan fingerprint density at radius 3 is 2.17 bits per heavy atom. The zero-order valence-electron chi connectivity index (χ0n) is 19.5. The molecule has 0 bridgehead atoms. The molecule has 0 radical (unpaired) electrons. The molecule has 180 valence electrons. The van der Waals surface area contributed by atoms with Crippen molar-refractivity contribution in [1.82, 2.24) is 0 Å². The van der Waals surface area contributed by atoms with Crippen molar-refractivity contribution in [1.29, 1.82) is 0 Å². The molecule has 1 heterocycles. The average Bonchev–Trinajstić information content (AvgIpc) is 2.86. The van der Waals surface area contributed by atoms with Gasteiger partial charge < -0.3 is 14.2 Å². The molecule has 1 aliphatic heterocycles. The first-order chi connectivity index (χ1) is 16.8. The molecule has 1 aliphatic rings. The Hall–Kier alpha value is -3.84. The summed E-state index contributed by atoms with van der Waals surface area (Å²) in [6.07, 6.45) is -0.788. The molecule has 2 atom stereocenters. The van der Waals surface area contributed by atoms with Crippen LogP contribution < -0.4 is 9.64 Å². The van der Waals surface area contributed by atoms with Gasteiger partial charge in [-0.15, -0.1) is 0 Å². The second-order valence-corrected chi connectivity index (χ2v) is 8.42. The highest BCUT2D eigenvalue weighted by Gasteiger charge is 2.51. The molecule has 0 spiro atoms. The highest BCUT2D eigenvalue weighted by molar-refractivity contribution is 6.30. The Bertz CT molecular complexity index is 1260. The third kappa shape index (κ3) is 4.86. The Morgan fingerprint density at radius 2 is 1.57 bits per heavy atom. The summed E-state index contributed by atoms with van der Waals surface area (Å²) in [4.78, 5) is 38.8. The third-order valence-corrected chi connectivity index (χ3v) is 6.00. The number of rotatable bonds is 7. The smallest absolute Gasteiger partial charge is 0.338 e. The molecule has 35 heavy (non-hydrogen) atoms. The number of halogens is 1. The number of esters is 2. The highest BCUT2D eigenvalue weighted by Crippen LogP contribution is 2.42. The van der Waals surface area contributed by atoms with Crippen LogP contribution in [0.25, 0.3) is 0 Å². The Kier molecular flexibility index (Phi) is 7.07. The third-order valence-electron chi connectivity index (χ3n) is 5.77. The van der Waals surface area contributed by atoms with Crippen LogP contribution in [0.3, 0.4) is 0 Å². The quantitative estimate of drug-likeness (QED) is 0.334. The maximum absolute atomic E-state index is 13.3. The van der Waals surface area contributed by atoms with Crippen molar-refractivity contribution in [2.24, 2.45) is 0 Å². The number of hydrogen-bond acceptors (Lipinski definition) is 6. The van der Waals surface area contributed by atoms with Gasteiger partial charge in [-0.05, 0) is 79.6 Å². The topological polar surface area (TPSA) is 82.1 Å². The van der Waals surface area contributed by atoms with Gasteiger partial charge in [0, 0.05) is 10.7 Å². The fraction of sp³-hybridized carbons (Fsp3) is 0.222.